The Balaban J connectivity index is 1.54. The van der Waals surface area contributed by atoms with Gasteiger partial charge < -0.3 is 20.5 Å². The van der Waals surface area contributed by atoms with E-state index in [-0.39, 0.29) is 17.6 Å². The molecule has 2 atom stereocenters. The minimum absolute atomic E-state index is 0.168. The van der Waals surface area contributed by atoms with E-state index in [4.69, 9.17) is 4.74 Å². The highest BCUT2D eigenvalue weighted by molar-refractivity contribution is 5.73. The van der Waals surface area contributed by atoms with Crippen molar-refractivity contribution in [3.63, 3.8) is 0 Å². The molecule has 116 valence electrons. The molecule has 2 fully saturated rings. The van der Waals surface area contributed by atoms with Crippen LogP contribution < -0.4 is 10.6 Å². The number of nitrogens with one attached hydrogen (secondary N) is 2. The number of ether oxygens (including phenoxy) is 1. The molecule has 0 aromatic heterocycles. The second-order valence-electron chi connectivity index (χ2n) is 6.54. The molecule has 0 aromatic carbocycles. The minimum Gasteiger partial charge on any atom is -0.392 e. The second kappa shape index (κ2) is 7.27. The van der Waals surface area contributed by atoms with Crippen LogP contribution in [0, 0.1) is 11.3 Å². The number of hydrogen-bond donors (Lipinski definition) is 3. The third-order valence-electron chi connectivity index (χ3n) is 4.52. The van der Waals surface area contributed by atoms with Crippen LogP contribution in [0.5, 0.6) is 0 Å². The average Bonchev–Trinajstić information content (AvgIpc) is 3.24. The topological polar surface area (TPSA) is 70.6 Å². The fraction of sp³-hybridized carbons (Fsp3) is 0.933. The van der Waals surface area contributed by atoms with Gasteiger partial charge in [0.25, 0.3) is 0 Å². The molecule has 0 aromatic rings. The van der Waals surface area contributed by atoms with Gasteiger partial charge in [0.2, 0.25) is 0 Å². The Labute approximate surface area is 121 Å². The summed E-state index contributed by atoms with van der Waals surface area (Å²) in [5, 5.41) is 15.7. The maximum Gasteiger partial charge on any atom is 0.314 e. The van der Waals surface area contributed by atoms with Gasteiger partial charge >= 0.3 is 6.03 Å². The molecule has 2 aliphatic rings. The molecule has 2 saturated carbocycles. The molecule has 20 heavy (non-hydrogen) atoms. The van der Waals surface area contributed by atoms with E-state index in [0.29, 0.717) is 19.7 Å². The van der Waals surface area contributed by atoms with Crippen LogP contribution in [-0.4, -0.2) is 43.5 Å². The van der Waals surface area contributed by atoms with Gasteiger partial charge in [-0.2, -0.15) is 0 Å². The van der Waals surface area contributed by atoms with Crippen LogP contribution in [0.4, 0.5) is 4.79 Å². The normalized spacial score (nSPS) is 30.0. The summed E-state index contributed by atoms with van der Waals surface area (Å²) < 4.78 is 5.46. The molecular formula is C15H28N2O3. The molecular weight excluding hydrogens is 256 g/mol. The smallest absolute Gasteiger partial charge is 0.314 e. The van der Waals surface area contributed by atoms with Gasteiger partial charge in [0.15, 0.2) is 0 Å². The van der Waals surface area contributed by atoms with Gasteiger partial charge in [-0.15, -0.1) is 0 Å². The number of rotatable bonds is 7. The van der Waals surface area contributed by atoms with E-state index in [1.807, 2.05) is 0 Å². The second-order valence-corrected chi connectivity index (χ2v) is 6.54. The van der Waals surface area contributed by atoms with Gasteiger partial charge in [0.05, 0.1) is 12.7 Å². The van der Waals surface area contributed by atoms with E-state index in [1.54, 1.807) is 0 Å². The quantitative estimate of drug-likeness (QED) is 0.623. The van der Waals surface area contributed by atoms with Gasteiger partial charge in [-0.25, -0.2) is 4.79 Å². The van der Waals surface area contributed by atoms with Crippen molar-refractivity contribution >= 4 is 6.03 Å². The Kier molecular flexibility index (Phi) is 5.66. The van der Waals surface area contributed by atoms with Crippen molar-refractivity contribution in [3.8, 4) is 0 Å². The average molecular weight is 284 g/mol. The largest absolute Gasteiger partial charge is 0.392 e. The summed E-state index contributed by atoms with van der Waals surface area (Å²) >= 11 is 0. The van der Waals surface area contributed by atoms with Crippen LogP contribution >= 0.6 is 0 Å². The number of carbonyl (C=O) groups is 1. The van der Waals surface area contributed by atoms with E-state index in [1.165, 1.54) is 12.8 Å². The number of hydrogen-bond acceptors (Lipinski definition) is 3. The Bertz CT molecular complexity index is 320. The molecule has 2 rings (SSSR count). The van der Waals surface area contributed by atoms with E-state index < -0.39 is 0 Å². The Hall–Kier alpha value is -0.810. The highest BCUT2D eigenvalue weighted by atomic mass is 16.5. The minimum atomic E-state index is -0.307. The summed E-state index contributed by atoms with van der Waals surface area (Å²) in [7, 11) is 0. The molecule has 0 aliphatic heterocycles. The van der Waals surface area contributed by atoms with Crippen molar-refractivity contribution in [2.75, 3.05) is 26.3 Å². The van der Waals surface area contributed by atoms with Crippen molar-refractivity contribution in [2.24, 2.45) is 11.3 Å². The third kappa shape index (κ3) is 4.94. The van der Waals surface area contributed by atoms with Crippen LogP contribution in [-0.2, 0) is 4.74 Å². The lowest BCUT2D eigenvalue weighted by atomic mass is 9.73. The van der Waals surface area contributed by atoms with Gasteiger partial charge in [0, 0.05) is 25.1 Å². The summed E-state index contributed by atoms with van der Waals surface area (Å²) in [6.07, 6.45) is 6.29. The number of aliphatic hydroxyl groups excluding tert-OH is 1. The first kappa shape index (κ1) is 15.6. The maximum atomic E-state index is 11.7. The fourth-order valence-corrected chi connectivity index (χ4v) is 2.70. The number of amides is 2. The van der Waals surface area contributed by atoms with Crippen molar-refractivity contribution in [3.05, 3.63) is 0 Å². The van der Waals surface area contributed by atoms with Crippen LogP contribution in [0.15, 0.2) is 0 Å². The zero-order chi connectivity index (χ0) is 14.4. The van der Waals surface area contributed by atoms with Crippen molar-refractivity contribution in [1.82, 2.24) is 10.6 Å². The van der Waals surface area contributed by atoms with Crippen LogP contribution in [0.25, 0.3) is 0 Å². The first-order valence-corrected chi connectivity index (χ1v) is 7.88. The Morgan fingerprint density at radius 3 is 2.80 bits per heavy atom. The Morgan fingerprint density at radius 1 is 1.30 bits per heavy atom. The van der Waals surface area contributed by atoms with E-state index in [2.05, 4.69) is 17.6 Å². The number of carbonyl (C=O) groups excluding carboxylic acids is 1. The molecule has 0 bridgehead atoms. The summed E-state index contributed by atoms with van der Waals surface area (Å²) in [6, 6.07) is -0.168. The monoisotopic (exact) mass is 284 g/mol. The maximum absolute atomic E-state index is 11.7. The molecule has 0 heterocycles. The van der Waals surface area contributed by atoms with Crippen molar-refractivity contribution in [2.45, 2.75) is 51.6 Å². The predicted molar refractivity (Wildman–Crippen MR) is 77.5 cm³/mol. The van der Waals surface area contributed by atoms with Gasteiger partial charge in [-0.05, 0) is 31.6 Å². The molecule has 5 heteroatoms. The first-order valence-electron chi connectivity index (χ1n) is 7.88. The molecule has 3 N–H and O–H groups in total. The highest BCUT2D eigenvalue weighted by Crippen LogP contribution is 2.35. The predicted octanol–water partition coefficient (Wildman–Crippen LogP) is 1.65. The van der Waals surface area contributed by atoms with Crippen molar-refractivity contribution in [1.29, 1.82) is 0 Å². The summed E-state index contributed by atoms with van der Waals surface area (Å²) in [5.41, 5.74) is -0.182. The number of urea groups is 1. The summed E-state index contributed by atoms with van der Waals surface area (Å²) in [6.45, 7) is 4.52. The van der Waals surface area contributed by atoms with Gasteiger partial charge in [0.1, 0.15) is 0 Å². The zero-order valence-electron chi connectivity index (χ0n) is 12.5. The van der Waals surface area contributed by atoms with E-state index in [9.17, 15) is 9.90 Å². The van der Waals surface area contributed by atoms with E-state index >= 15 is 0 Å². The van der Waals surface area contributed by atoms with Crippen LogP contribution in [0.3, 0.4) is 0 Å². The standard InChI is InChI=1S/C15H28N2O3/c1-15(7-3-2-4-13(15)18)11-17-14(19)16-8-9-20-10-12-5-6-12/h12-13,18H,2-11H2,1H3,(H2,16,17,19). The molecule has 2 unspecified atom stereocenters. The lowest BCUT2D eigenvalue weighted by Gasteiger charge is -2.38. The molecule has 5 nitrogen and oxygen atoms in total. The lowest BCUT2D eigenvalue weighted by molar-refractivity contribution is 0.00306. The summed E-state index contributed by atoms with van der Waals surface area (Å²) in [4.78, 5) is 11.7. The third-order valence-corrected chi connectivity index (χ3v) is 4.52. The molecule has 0 radical (unpaired) electrons. The Morgan fingerprint density at radius 2 is 2.10 bits per heavy atom. The molecule has 0 saturated heterocycles. The molecule has 2 amide bonds. The lowest BCUT2D eigenvalue weighted by Crippen LogP contribution is -2.48. The zero-order valence-corrected chi connectivity index (χ0v) is 12.5. The molecule has 0 spiro atoms. The first-order chi connectivity index (χ1) is 9.60. The summed E-state index contributed by atoms with van der Waals surface area (Å²) in [5.74, 6) is 0.761. The van der Waals surface area contributed by atoms with Crippen LogP contribution in [0.1, 0.15) is 45.4 Å². The molecule has 2 aliphatic carbocycles. The highest BCUT2D eigenvalue weighted by Gasteiger charge is 2.35. The number of aliphatic hydroxyl groups is 1. The van der Waals surface area contributed by atoms with Gasteiger partial charge in [-0.3, -0.25) is 0 Å². The van der Waals surface area contributed by atoms with Gasteiger partial charge in [-0.1, -0.05) is 19.8 Å². The fourth-order valence-electron chi connectivity index (χ4n) is 2.70. The van der Waals surface area contributed by atoms with Crippen LogP contribution in [0.2, 0.25) is 0 Å². The van der Waals surface area contributed by atoms with Crippen molar-refractivity contribution < 1.29 is 14.6 Å². The van der Waals surface area contributed by atoms with E-state index in [0.717, 1.165) is 38.2 Å². The SMILES string of the molecule is CC1(CNC(=O)NCCOCC2CC2)CCCCC1O.